The van der Waals surface area contributed by atoms with E-state index in [1.54, 1.807) is 0 Å². The topological polar surface area (TPSA) is 12.5 Å². The van der Waals surface area contributed by atoms with Gasteiger partial charge in [0.1, 0.15) is 5.82 Å². The number of benzene rings is 1. The monoisotopic (exact) mass is 404 g/mol. The summed E-state index contributed by atoms with van der Waals surface area (Å²) in [5.41, 5.74) is 1.18. The molecule has 1 saturated heterocycles. The molecular formula is C19H38FNOY. The van der Waals surface area contributed by atoms with Crippen LogP contribution in [0.25, 0.3) is 0 Å². The van der Waals surface area contributed by atoms with Crippen molar-refractivity contribution in [2.45, 2.75) is 61.9 Å². The molecule has 1 radical (unpaired) electrons. The fraction of sp³-hybridized carbons (Fsp3) is 0.684. The zero-order chi connectivity index (χ0) is 14.3. The summed E-state index contributed by atoms with van der Waals surface area (Å²) < 4.78 is 17.6. The first-order valence-corrected chi connectivity index (χ1v) is 7.08. The van der Waals surface area contributed by atoms with Gasteiger partial charge in [-0.25, -0.2) is 4.39 Å². The van der Waals surface area contributed by atoms with Gasteiger partial charge in [0.25, 0.3) is 0 Å². The molecule has 2 nitrogen and oxygen atoms in total. The van der Waals surface area contributed by atoms with Crippen molar-refractivity contribution in [2.75, 3.05) is 26.3 Å². The Morgan fingerprint density at radius 3 is 1.65 bits per heavy atom. The van der Waals surface area contributed by atoms with Crippen molar-refractivity contribution >= 4 is 0 Å². The number of ether oxygens (including phenoxy) is 1. The van der Waals surface area contributed by atoms with Crippen molar-refractivity contribution in [3.8, 4) is 0 Å². The second-order valence-corrected chi connectivity index (χ2v) is 5.45. The van der Waals surface area contributed by atoms with Gasteiger partial charge >= 0.3 is 0 Å². The van der Waals surface area contributed by atoms with E-state index in [-0.39, 0.29) is 60.8 Å². The molecule has 1 aliphatic rings. The zero-order valence-corrected chi connectivity index (χ0v) is 15.9. The summed E-state index contributed by atoms with van der Waals surface area (Å²) in [6.45, 7) is 12.7. The van der Waals surface area contributed by atoms with Crippen LogP contribution in [0, 0.1) is 5.82 Å². The summed E-state index contributed by atoms with van der Waals surface area (Å²) in [6.07, 6.45) is 0. The molecule has 0 N–H and O–H groups in total. The maximum atomic E-state index is 12.4. The summed E-state index contributed by atoms with van der Waals surface area (Å²) >= 11 is 0. The van der Waals surface area contributed by atoms with Crippen molar-refractivity contribution in [3.05, 3.63) is 35.6 Å². The Kier molecular flexibility index (Phi) is 22.9. The molecule has 0 aliphatic carbocycles. The van der Waals surface area contributed by atoms with Gasteiger partial charge in [0.2, 0.25) is 0 Å². The van der Waals surface area contributed by atoms with Crippen molar-refractivity contribution in [1.82, 2.24) is 4.90 Å². The molecule has 1 fully saturated rings. The molecule has 0 atom stereocenters. The van der Waals surface area contributed by atoms with E-state index < -0.39 is 0 Å². The van der Waals surface area contributed by atoms with Gasteiger partial charge in [-0.15, -0.1) is 0 Å². The van der Waals surface area contributed by atoms with Gasteiger partial charge < -0.3 is 4.74 Å². The summed E-state index contributed by atoms with van der Waals surface area (Å²) in [5, 5.41) is 0. The van der Waals surface area contributed by atoms with E-state index in [1.807, 2.05) is 12.1 Å². The van der Waals surface area contributed by atoms with Gasteiger partial charge in [0, 0.05) is 51.8 Å². The van der Waals surface area contributed by atoms with Crippen LogP contribution in [0.3, 0.4) is 0 Å². The second kappa shape index (κ2) is 17.0. The Balaban J connectivity index is -0.000000134. The third kappa shape index (κ3) is 13.2. The number of hydrogen-bond donors (Lipinski definition) is 0. The Hall–Kier alpha value is 0.174. The number of nitrogens with zero attached hydrogens (tertiary/aromatic N) is 1. The van der Waals surface area contributed by atoms with Gasteiger partial charge in [0.05, 0.1) is 13.2 Å². The quantitative estimate of drug-likeness (QED) is 0.638. The predicted octanol–water partition coefficient (Wildman–Crippen LogP) is 5.58. The van der Waals surface area contributed by atoms with E-state index in [1.165, 1.54) is 17.7 Å². The molecule has 0 saturated carbocycles. The maximum Gasteiger partial charge on any atom is 0.123 e. The first-order chi connectivity index (χ1) is 9.00. The van der Waals surface area contributed by atoms with Crippen LogP contribution in [-0.4, -0.2) is 37.2 Å². The number of halogens is 1. The van der Waals surface area contributed by atoms with Crippen LogP contribution in [0.4, 0.5) is 4.39 Å². The summed E-state index contributed by atoms with van der Waals surface area (Å²) in [7, 11) is 0. The largest absolute Gasteiger partial charge is 0.379 e. The minimum Gasteiger partial charge on any atom is -0.379 e. The van der Waals surface area contributed by atoms with Crippen LogP contribution < -0.4 is 0 Å². The summed E-state index contributed by atoms with van der Waals surface area (Å²) in [6, 6.07) is 7.32. The molecular weight excluding hydrogens is 366 g/mol. The number of rotatable bonds is 2. The van der Waals surface area contributed by atoms with Crippen LogP contribution in [0.2, 0.25) is 0 Å². The van der Waals surface area contributed by atoms with E-state index >= 15 is 0 Å². The standard InChI is InChI=1S/C9H11F.C7H15NO.3CH4.Y/c1-7(2)8-3-5-9(10)6-4-8;1-7(2)8-3-5-9-6-4-8;;;;/h3-7H,1-2H3;7H,3-6H2,1-2H3;3*1H4;. The minimum absolute atomic E-state index is 0. The van der Waals surface area contributed by atoms with E-state index in [0.717, 1.165) is 26.3 Å². The maximum absolute atomic E-state index is 12.4. The molecule has 1 aromatic rings. The molecule has 1 aliphatic heterocycles. The fourth-order valence-electron chi connectivity index (χ4n) is 1.94. The molecule has 0 unspecified atom stereocenters. The van der Waals surface area contributed by atoms with Crippen LogP contribution in [0.15, 0.2) is 24.3 Å². The van der Waals surface area contributed by atoms with Gasteiger partial charge in [-0.2, -0.15) is 0 Å². The molecule has 1 aromatic carbocycles. The van der Waals surface area contributed by atoms with Gasteiger partial charge in [-0.1, -0.05) is 48.3 Å². The predicted molar refractivity (Wildman–Crippen MR) is 98.2 cm³/mol. The van der Waals surface area contributed by atoms with Crippen molar-refractivity contribution in [2.24, 2.45) is 0 Å². The van der Waals surface area contributed by atoms with Gasteiger partial charge in [0.15, 0.2) is 0 Å². The number of hydrogen-bond acceptors (Lipinski definition) is 2. The van der Waals surface area contributed by atoms with E-state index in [9.17, 15) is 4.39 Å². The molecule has 2 rings (SSSR count). The van der Waals surface area contributed by atoms with E-state index in [2.05, 4.69) is 32.6 Å². The minimum atomic E-state index is -0.163. The normalized spacial score (nSPS) is 13.5. The van der Waals surface area contributed by atoms with Crippen molar-refractivity contribution in [1.29, 1.82) is 0 Å². The SMILES string of the molecule is C.C.C.CC(C)N1CCOCC1.CC(C)c1ccc(F)cc1.[Y]. The van der Waals surface area contributed by atoms with Crippen molar-refractivity contribution in [3.63, 3.8) is 0 Å². The molecule has 0 aromatic heterocycles. The molecule has 0 bridgehead atoms. The Labute approximate surface area is 170 Å². The fourth-order valence-corrected chi connectivity index (χ4v) is 1.94. The molecule has 0 amide bonds. The van der Waals surface area contributed by atoms with E-state index in [0.29, 0.717) is 12.0 Å². The molecule has 23 heavy (non-hydrogen) atoms. The first-order valence-electron chi connectivity index (χ1n) is 7.08. The average Bonchev–Trinajstić information content (AvgIpc) is 2.41. The summed E-state index contributed by atoms with van der Waals surface area (Å²) in [4.78, 5) is 2.43. The van der Waals surface area contributed by atoms with E-state index in [4.69, 9.17) is 4.74 Å². The smallest absolute Gasteiger partial charge is 0.123 e. The molecule has 4 heteroatoms. The average molecular weight is 404 g/mol. The van der Waals surface area contributed by atoms with Gasteiger partial charge in [-0.05, 0) is 37.5 Å². The molecule has 0 spiro atoms. The Morgan fingerprint density at radius 2 is 1.35 bits per heavy atom. The summed E-state index contributed by atoms with van der Waals surface area (Å²) in [5.74, 6) is 0.324. The van der Waals surface area contributed by atoms with Crippen LogP contribution in [-0.2, 0) is 37.4 Å². The zero-order valence-electron chi connectivity index (χ0n) is 13.1. The van der Waals surface area contributed by atoms with Crippen LogP contribution >= 0.6 is 0 Å². The first kappa shape index (κ1) is 31.0. The Morgan fingerprint density at radius 1 is 0.913 bits per heavy atom. The Bertz CT molecular complexity index is 349. The van der Waals surface area contributed by atoms with Crippen LogP contribution in [0.5, 0.6) is 0 Å². The molecule has 1 heterocycles. The van der Waals surface area contributed by atoms with Crippen LogP contribution in [0.1, 0.15) is 61.5 Å². The van der Waals surface area contributed by atoms with Crippen molar-refractivity contribution < 1.29 is 41.8 Å². The molecule has 135 valence electrons. The second-order valence-electron chi connectivity index (χ2n) is 5.45. The number of morpholine rings is 1. The third-order valence-corrected chi connectivity index (χ3v) is 3.31. The third-order valence-electron chi connectivity index (χ3n) is 3.31. The van der Waals surface area contributed by atoms with Gasteiger partial charge in [-0.3, -0.25) is 4.90 Å².